The molecule has 0 bridgehead atoms. The maximum Gasteiger partial charge on any atom is 0.373 e. The maximum absolute atomic E-state index is 11.4. The first-order valence-electron chi connectivity index (χ1n) is 4.64. The van der Waals surface area contributed by atoms with Crippen LogP contribution in [0.15, 0.2) is 41.7 Å². The van der Waals surface area contributed by atoms with Crippen molar-refractivity contribution in [2.45, 2.75) is 13.8 Å². The Labute approximate surface area is 89.3 Å². The van der Waals surface area contributed by atoms with Gasteiger partial charge in [-0.05, 0) is 31.6 Å². The molecule has 0 aliphatic rings. The van der Waals surface area contributed by atoms with Crippen LogP contribution in [0.5, 0.6) is 5.75 Å². The van der Waals surface area contributed by atoms with Crippen molar-refractivity contribution < 1.29 is 14.3 Å². The van der Waals surface area contributed by atoms with Gasteiger partial charge in [0.15, 0.2) is 0 Å². The first-order chi connectivity index (χ1) is 7.15. The number of benzene rings is 1. The molecular weight excluding hydrogens is 192 g/mol. The highest BCUT2D eigenvalue weighted by atomic mass is 16.6. The van der Waals surface area contributed by atoms with E-state index >= 15 is 0 Å². The Balaban J connectivity index is 2.87. The van der Waals surface area contributed by atoms with Gasteiger partial charge in [-0.25, -0.2) is 4.79 Å². The summed E-state index contributed by atoms with van der Waals surface area (Å²) in [5, 5.41) is 0. The lowest BCUT2D eigenvalue weighted by Crippen LogP contribution is -2.12. The number of methoxy groups -OCH3 is 1. The average Bonchev–Trinajstić information content (AvgIpc) is 2.26. The fourth-order valence-electron chi connectivity index (χ4n) is 1.05. The number of allylic oxidation sites excluding steroid dienone is 1. The van der Waals surface area contributed by atoms with E-state index in [-0.39, 0.29) is 5.76 Å². The van der Waals surface area contributed by atoms with Gasteiger partial charge in [-0.3, -0.25) is 0 Å². The number of hydrogen-bond donors (Lipinski definition) is 0. The molecular formula is C12H14O3. The van der Waals surface area contributed by atoms with Crippen LogP contribution in [0.3, 0.4) is 0 Å². The van der Waals surface area contributed by atoms with Crippen LogP contribution in [0.4, 0.5) is 0 Å². The second-order valence-electron chi connectivity index (χ2n) is 3.24. The zero-order chi connectivity index (χ0) is 11.3. The number of carbonyl (C=O) groups excluding carboxylic acids is 1. The van der Waals surface area contributed by atoms with Gasteiger partial charge in [-0.1, -0.05) is 18.2 Å². The molecule has 0 saturated carbocycles. The van der Waals surface area contributed by atoms with Crippen LogP contribution in [-0.2, 0) is 9.53 Å². The fraction of sp³-hybridized carbons (Fsp3) is 0.250. The molecule has 1 rings (SSSR count). The molecule has 3 heteroatoms. The van der Waals surface area contributed by atoms with Crippen molar-refractivity contribution in [1.29, 1.82) is 0 Å². The van der Waals surface area contributed by atoms with Crippen molar-refractivity contribution in [3.63, 3.8) is 0 Å². The van der Waals surface area contributed by atoms with Crippen LogP contribution in [0.25, 0.3) is 0 Å². The number of hydrogen-bond acceptors (Lipinski definition) is 3. The van der Waals surface area contributed by atoms with Crippen molar-refractivity contribution in [3.05, 3.63) is 41.7 Å². The van der Waals surface area contributed by atoms with Crippen LogP contribution in [0, 0.1) is 0 Å². The number of ether oxygens (including phenoxy) is 2. The van der Waals surface area contributed by atoms with Crippen LogP contribution < -0.4 is 4.74 Å². The van der Waals surface area contributed by atoms with Crippen molar-refractivity contribution >= 4 is 5.97 Å². The zero-order valence-corrected chi connectivity index (χ0v) is 9.11. The van der Waals surface area contributed by atoms with Gasteiger partial charge < -0.3 is 9.47 Å². The van der Waals surface area contributed by atoms with Crippen molar-refractivity contribution in [3.8, 4) is 5.75 Å². The second-order valence-corrected chi connectivity index (χ2v) is 3.24. The summed E-state index contributed by atoms with van der Waals surface area (Å²) in [6.07, 6.45) is 0. The predicted octanol–water partition coefficient (Wildman–Crippen LogP) is 2.53. The normalized spacial score (nSPS) is 9.27. The Morgan fingerprint density at radius 2 is 1.73 bits per heavy atom. The number of rotatable bonds is 3. The Bertz CT molecular complexity index is 362. The van der Waals surface area contributed by atoms with E-state index in [4.69, 9.17) is 4.74 Å². The summed E-state index contributed by atoms with van der Waals surface area (Å²) in [6, 6.07) is 9.13. The molecule has 0 N–H and O–H groups in total. The molecule has 80 valence electrons. The average molecular weight is 206 g/mol. The molecule has 1 aromatic rings. The predicted molar refractivity (Wildman–Crippen MR) is 57.5 cm³/mol. The van der Waals surface area contributed by atoms with Gasteiger partial charge >= 0.3 is 5.97 Å². The largest absolute Gasteiger partial charge is 0.463 e. The van der Waals surface area contributed by atoms with Gasteiger partial charge in [-0.15, -0.1) is 0 Å². The molecule has 0 saturated heterocycles. The zero-order valence-electron chi connectivity index (χ0n) is 9.11. The van der Waals surface area contributed by atoms with E-state index in [1.807, 2.05) is 18.2 Å². The van der Waals surface area contributed by atoms with E-state index in [0.29, 0.717) is 5.75 Å². The van der Waals surface area contributed by atoms with Gasteiger partial charge in [0.05, 0.1) is 7.11 Å². The highest BCUT2D eigenvalue weighted by Crippen LogP contribution is 2.15. The van der Waals surface area contributed by atoms with E-state index in [1.54, 1.807) is 26.0 Å². The van der Waals surface area contributed by atoms with Gasteiger partial charge in [0.25, 0.3) is 0 Å². The Kier molecular flexibility index (Phi) is 3.92. The minimum Gasteiger partial charge on any atom is -0.463 e. The second kappa shape index (κ2) is 5.20. The lowest BCUT2D eigenvalue weighted by Gasteiger charge is -2.09. The molecule has 0 fully saturated rings. The van der Waals surface area contributed by atoms with Gasteiger partial charge in [0.2, 0.25) is 5.76 Å². The number of esters is 1. The number of para-hydroxylation sites is 1. The Morgan fingerprint density at radius 1 is 1.13 bits per heavy atom. The van der Waals surface area contributed by atoms with E-state index in [9.17, 15) is 4.79 Å². The summed E-state index contributed by atoms with van der Waals surface area (Å²) in [7, 11) is 1.33. The molecule has 15 heavy (non-hydrogen) atoms. The third-order valence-electron chi connectivity index (χ3n) is 1.79. The van der Waals surface area contributed by atoms with Crippen LogP contribution in [0.2, 0.25) is 0 Å². The van der Waals surface area contributed by atoms with Gasteiger partial charge in [-0.2, -0.15) is 0 Å². The first-order valence-corrected chi connectivity index (χ1v) is 4.64. The summed E-state index contributed by atoms with van der Waals surface area (Å²) < 4.78 is 10.1. The molecule has 0 radical (unpaired) electrons. The van der Waals surface area contributed by atoms with Gasteiger partial charge in [0.1, 0.15) is 5.75 Å². The van der Waals surface area contributed by atoms with Crippen LogP contribution >= 0.6 is 0 Å². The molecule has 0 amide bonds. The monoisotopic (exact) mass is 206 g/mol. The first kappa shape index (κ1) is 11.3. The standard InChI is InChI=1S/C12H14O3/c1-9(2)11(12(13)14-3)15-10-7-5-4-6-8-10/h4-8H,1-3H3. The highest BCUT2D eigenvalue weighted by molar-refractivity contribution is 5.87. The van der Waals surface area contributed by atoms with E-state index < -0.39 is 5.97 Å². The molecule has 0 aromatic heterocycles. The van der Waals surface area contributed by atoms with E-state index in [1.165, 1.54) is 7.11 Å². The molecule has 0 spiro atoms. The quantitative estimate of drug-likeness (QED) is 0.433. The Morgan fingerprint density at radius 3 is 2.20 bits per heavy atom. The van der Waals surface area contributed by atoms with Crippen molar-refractivity contribution in [1.82, 2.24) is 0 Å². The molecule has 0 aliphatic heterocycles. The number of carbonyl (C=O) groups is 1. The molecule has 0 heterocycles. The Hall–Kier alpha value is -1.77. The molecule has 3 nitrogen and oxygen atoms in total. The fourth-order valence-corrected chi connectivity index (χ4v) is 1.05. The summed E-state index contributed by atoms with van der Waals surface area (Å²) in [4.78, 5) is 11.4. The summed E-state index contributed by atoms with van der Waals surface area (Å²) >= 11 is 0. The van der Waals surface area contributed by atoms with Crippen molar-refractivity contribution in [2.24, 2.45) is 0 Å². The topological polar surface area (TPSA) is 35.5 Å². The van der Waals surface area contributed by atoms with E-state index in [2.05, 4.69) is 4.74 Å². The SMILES string of the molecule is COC(=O)C(Oc1ccccc1)=C(C)C. The summed E-state index contributed by atoms with van der Waals surface area (Å²) in [6.45, 7) is 3.60. The maximum atomic E-state index is 11.4. The van der Waals surface area contributed by atoms with Gasteiger partial charge in [0, 0.05) is 0 Å². The third kappa shape index (κ3) is 3.13. The van der Waals surface area contributed by atoms with Crippen LogP contribution in [0.1, 0.15) is 13.8 Å². The van der Waals surface area contributed by atoms with Crippen LogP contribution in [-0.4, -0.2) is 13.1 Å². The van der Waals surface area contributed by atoms with Crippen molar-refractivity contribution in [2.75, 3.05) is 7.11 Å². The lowest BCUT2D eigenvalue weighted by atomic mass is 10.3. The molecule has 0 aliphatic carbocycles. The lowest BCUT2D eigenvalue weighted by molar-refractivity contribution is -0.138. The highest BCUT2D eigenvalue weighted by Gasteiger charge is 2.13. The summed E-state index contributed by atoms with van der Waals surface area (Å²) in [5.41, 5.74) is 0.783. The minimum atomic E-state index is -0.459. The third-order valence-corrected chi connectivity index (χ3v) is 1.79. The molecule has 1 aromatic carbocycles. The minimum absolute atomic E-state index is 0.240. The summed E-state index contributed by atoms with van der Waals surface area (Å²) in [5.74, 6) is 0.404. The molecule has 0 unspecified atom stereocenters. The van der Waals surface area contributed by atoms with E-state index in [0.717, 1.165) is 5.57 Å². The smallest absolute Gasteiger partial charge is 0.373 e. The molecule has 0 atom stereocenters.